The van der Waals surface area contributed by atoms with E-state index in [9.17, 15) is 32.5 Å². The molecule has 0 amide bonds. The van der Waals surface area contributed by atoms with Gasteiger partial charge in [0.1, 0.15) is 23.5 Å². The average molecular weight is 792 g/mol. The van der Waals surface area contributed by atoms with E-state index in [1.807, 2.05) is 36.6 Å². The van der Waals surface area contributed by atoms with Gasteiger partial charge in [-0.15, -0.1) is 0 Å². The van der Waals surface area contributed by atoms with Crippen molar-refractivity contribution in [2.75, 3.05) is 24.5 Å². The average Bonchev–Trinajstić information content (AvgIpc) is 3.34. The van der Waals surface area contributed by atoms with E-state index in [0.717, 1.165) is 57.3 Å². The van der Waals surface area contributed by atoms with Gasteiger partial charge in [0.15, 0.2) is 11.5 Å². The molecule has 2 aromatic carbocycles. The van der Waals surface area contributed by atoms with E-state index < -0.39 is 38.7 Å². The van der Waals surface area contributed by atoms with Crippen LogP contribution in [0.25, 0.3) is 16.7 Å². The van der Waals surface area contributed by atoms with Crippen LogP contribution in [0.4, 0.5) is 11.4 Å². The zero-order chi connectivity index (χ0) is 41.2. The summed E-state index contributed by atoms with van der Waals surface area (Å²) < 4.78 is 41.8. The lowest BCUT2D eigenvalue weighted by molar-refractivity contribution is -0.438. The fourth-order valence-corrected chi connectivity index (χ4v) is 8.09. The number of unbranched alkanes of at least 4 members (excludes halogenated alkanes) is 8. The predicted molar refractivity (Wildman–Crippen MR) is 222 cm³/mol. The Morgan fingerprint density at radius 3 is 2.12 bits per heavy atom. The van der Waals surface area contributed by atoms with Crippen LogP contribution in [-0.2, 0) is 25.1 Å². The molecule has 1 aliphatic heterocycles. The number of carboxylic acids is 1. The third-order valence-electron chi connectivity index (χ3n) is 10.8. The summed E-state index contributed by atoms with van der Waals surface area (Å²) in [6.45, 7) is 13.4. The minimum atomic E-state index is -4.49. The van der Waals surface area contributed by atoms with Crippen molar-refractivity contribution in [3.63, 3.8) is 0 Å². The summed E-state index contributed by atoms with van der Waals surface area (Å²) in [7, 11) is -4.49. The number of fused-ring (bicyclic) bond motifs is 2. The number of aliphatic carboxylic acids is 1. The van der Waals surface area contributed by atoms with Crippen molar-refractivity contribution in [3.8, 4) is 0 Å². The number of hydrogen-bond donors (Lipinski definition) is 3. The van der Waals surface area contributed by atoms with Gasteiger partial charge in [-0.05, 0) is 89.3 Å². The molecule has 11 nitrogen and oxygen atoms in total. The fraction of sp³-hybridized carbons (Fsp3) is 0.500. The minimum absolute atomic E-state index is 0.0440. The SMILES string of the molecule is CCCCCCN(CCCCCC)c1ccc2c(C)c(C(O)=C(/C=C/C3=[N+](CCCCCC(=O)O)c4ccc(S(=O)(=O)O)cc4C3(C)C)C(C)=O)c(=O)oc2c1. The maximum absolute atomic E-state index is 13.7. The summed E-state index contributed by atoms with van der Waals surface area (Å²) >= 11 is 0. The summed E-state index contributed by atoms with van der Waals surface area (Å²) in [5, 5.41) is 21.4. The molecular formula is C44H59N2O9S+. The Labute approximate surface area is 331 Å². The van der Waals surface area contributed by atoms with Crippen LogP contribution in [0.5, 0.6) is 0 Å². The molecule has 1 aliphatic rings. The van der Waals surface area contributed by atoms with Gasteiger partial charge in [0.05, 0.1) is 15.9 Å². The van der Waals surface area contributed by atoms with E-state index in [4.69, 9.17) is 9.52 Å². The molecule has 3 N–H and O–H groups in total. The van der Waals surface area contributed by atoms with Crippen molar-refractivity contribution in [2.24, 2.45) is 0 Å². The lowest BCUT2D eigenvalue weighted by atomic mass is 9.81. The Bertz CT molecular complexity index is 2170. The Morgan fingerprint density at radius 1 is 0.893 bits per heavy atom. The number of benzene rings is 2. The van der Waals surface area contributed by atoms with Gasteiger partial charge in [-0.25, -0.2) is 4.79 Å². The Morgan fingerprint density at radius 2 is 1.54 bits per heavy atom. The highest BCUT2D eigenvalue weighted by atomic mass is 32.2. The monoisotopic (exact) mass is 791 g/mol. The van der Waals surface area contributed by atoms with Crippen LogP contribution in [0.1, 0.15) is 128 Å². The first-order chi connectivity index (χ1) is 26.5. The molecule has 0 fully saturated rings. The molecule has 56 heavy (non-hydrogen) atoms. The molecule has 1 aromatic heterocycles. The van der Waals surface area contributed by atoms with E-state index in [1.165, 1.54) is 38.0 Å². The van der Waals surface area contributed by atoms with Gasteiger partial charge < -0.3 is 19.5 Å². The number of nitrogens with zero attached hydrogens (tertiary/aromatic N) is 2. The first kappa shape index (κ1) is 44.2. The number of ketones is 1. The van der Waals surface area contributed by atoms with E-state index in [-0.39, 0.29) is 22.5 Å². The molecule has 0 atom stereocenters. The number of rotatable bonds is 22. The van der Waals surface area contributed by atoms with Crippen molar-refractivity contribution < 1.29 is 41.8 Å². The number of Topliss-reactive ketones (excluding diaryl/α,β-unsaturated/α-hetero) is 1. The van der Waals surface area contributed by atoms with E-state index in [0.29, 0.717) is 59.3 Å². The highest BCUT2D eigenvalue weighted by Crippen LogP contribution is 2.41. The second-order valence-corrected chi connectivity index (χ2v) is 16.8. The van der Waals surface area contributed by atoms with Gasteiger partial charge in [-0.2, -0.15) is 13.0 Å². The molecule has 304 valence electrons. The van der Waals surface area contributed by atoms with Crippen LogP contribution in [-0.4, -0.2) is 64.9 Å². The molecule has 0 aliphatic carbocycles. The molecule has 0 unspecified atom stereocenters. The fourth-order valence-electron chi connectivity index (χ4n) is 7.58. The summed E-state index contributed by atoms with van der Waals surface area (Å²) in [5.74, 6) is -1.87. The number of carbonyl (C=O) groups excluding carboxylic acids is 1. The van der Waals surface area contributed by atoms with Gasteiger partial charge in [0, 0.05) is 60.8 Å². The summed E-state index contributed by atoms with van der Waals surface area (Å²) in [6, 6.07) is 10.2. The van der Waals surface area contributed by atoms with Crippen molar-refractivity contribution in [2.45, 2.75) is 129 Å². The molecule has 0 bridgehead atoms. The molecule has 0 saturated heterocycles. The molecule has 3 aromatic rings. The van der Waals surface area contributed by atoms with Crippen LogP contribution < -0.4 is 10.5 Å². The lowest BCUT2D eigenvalue weighted by Crippen LogP contribution is -2.28. The summed E-state index contributed by atoms with van der Waals surface area (Å²) in [6.07, 6.45) is 14.0. The van der Waals surface area contributed by atoms with Crippen molar-refractivity contribution in [3.05, 3.63) is 81.2 Å². The number of anilines is 1. The van der Waals surface area contributed by atoms with E-state index in [2.05, 4.69) is 18.7 Å². The number of carbonyl (C=O) groups is 2. The number of aliphatic hydroxyl groups excluding tert-OH is 1. The minimum Gasteiger partial charge on any atom is -0.506 e. The molecule has 0 radical (unpaired) electrons. The number of hydrogen-bond acceptors (Lipinski definition) is 8. The van der Waals surface area contributed by atoms with Gasteiger partial charge in [0.2, 0.25) is 5.69 Å². The van der Waals surface area contributed by atoms with Gasteiger partial charge >= 0.3 is 11.6 Å². The smallest absolute Gasteiger partial charge is 0.347 e. The number of allylic oxidation sites excluding steroid dienone is 3. The van der Waals surface area contributed by atoms with Gasteiger partial charge in [-0.1, -0.05) is 52.4 Å². The van der Waals surface area contributed by atoms with E-state index >= 15 is 0 Å². The lowest BCUT2D eigenvalue weighted by Gasteiger charge is -2.25. The zero-order valence-electron chi connectivity index (χ0n) is 33.8. The van der Waals surface area contributed by atoms with Crippen LogP contribution in [0.3, 0.4) is 0 Å². The number of carboxylic acid groups (broad SMARTS) is 1. The van der Waals surface area contributed by atoms with Crippen LogP contribution >= 0.6 is 0 Å². The highest BCUT2D eigenvalue weighted by molar-refractivity contribution is 7.85. The number of aryl methyl sites for hydroxylation is 1. The van der Waals surface area contributed by atoms with Crippen molar-refractivity contribution >= 4 is 55.7 Å². The Hall–Kier alpha value is -4.55. The van der Waals surface area contributed by atoms with E-state index in [1.54, 1.807) is 19.1 Å². The van der Waals surface area contributed by atoms with Gasteiger partial charge in [0.25, 0.3) is 10.1 Å². The molecule has 0 saturated carbocycles. The zero-order valence-corrected chi connectivity index (χ0v) is 34.6. The standard InChI is InChI=1S/C44H58N2O9S/c1-7-9-11-15-25-45(26-16-12-10-8-2)32-19-21-34-30(3)41(43(51)55-38(34)28-32)42(50)35(31(4)47)22-24-39-44(5,6)36-29-33(56(52,53)54)20-23-37(36)46(39)27-17-13-14-18-40(48)49/h19-24,28-29H,7-18,25-27H2,1-6H3,(H2,48,49,52,53,54)/p+1. The molecule has 4 rings (SSSR count). The third-order valence-corrected chi connectivity index (χ3v) is 11.6. The molecule has 12 heteroatoms. The Kier molecular flexibility index (Phi) is 15.4. The first-order valence-corrected chi connectivity index (χ1v) is 21.4. The van der Waals surface area contributed by atoms with Crippen LogP contribution in [0, 0.1) is 6.92 Å². The maximum atomic E-state index is 13.7. The molecule has 2 heterocycles. The van der Waals surface area contributed by atoms with Crippen LogP contribution in [0.15, 0.2) is 68.2 Å². The third kappa shape index (κ3) is 10.6. The normalized spacial score (nSPS) is 14.4. The molecular weight excluding hydrogens is 733 g/mol. The molecule has 0 spiro atoms. The van der Waals surface area contributed by atoms with Crippen molar-refractivity contribution in [1.29, 1.82) is 0 Å². The topological polar surface area (TPSA) is 165 Å². The number of aliphatic hydroxyl groups is 1. The summed E-state index contributed by atoms with van der Waals surface area (Å²) in [5.41, 5.74) is 2.05. The first-order valence-electron chi connectivity index (χ1n) is 20.0. The Balaban J connectivity index is 1.76. The second-order valence-electron chi connectivity index (χ2n) is 15.4. The summed E-state index contributed by atoms with van der Waals surface area (Å²) in [4.78, 5) is 40.0. The largest absolute Gasteiger partial charge is 0.506 e. The predicted octanol–water partition coefficient (Wildman–Crippen LogP) is 9.45. The second kappa shape index (κ2) is 19.5. The van der Waals surface area contributed by atoms with Crippen molar-refractivity contribution in [1.82, 2.24) is 0 Å². The van der Waals surface area contributed by atoms with Crippen LogP contribution in [0.2, 0.25) is 0 Å². The van der Waals surface area contributed by atoms with Gasteiger partial charge in [-0.3, -0.25) is 14.1 Å². The maximum Gasteiger partial charge on any atom is 0.347 e. The quantitative estimate of drug-likeness (QED) is 0.0170. The highest BCUT2D eigenvalue weighted by Gasteiger charge is 2.45.